The van der Waals surface area contributed by atoms with Gasteiger partial charge in [0.15, 0.2) is 0 Å². The van der Waals surface area contributed by atoms with Crippen LogP contribution in [0.4, 0.5) is 0 Å². The highest BCUT2D eigenvalue weighted by molar-refractivity contribution is 6.30. The first kappa shape index (κ1) is 10.9. The van der Waals surface area contributed by atoms with Crippen molar-refractivity contribution in [3.05, 3.63) is 44.8 Å². The smallest absolute Gasteiger partial charge is 0.0408 e. The van der Waals surface area contributed by atoms with Crippen molar-refractivity contribution in [3.63, 3.8) is 0 Å². The Balaban J connectivity index is 2.85. The van der Waals surface area contributed by atoms with Gasteiger partial charge in [-0.05, 0) is 42.1 Å². The largest absolute Gasteiger partial charge is 0.0906 e. The Bertz CT molecular complexity index is 370. The molecule has 0 heterocycles. The van der Waals surface area contributed by atoms with Gasteiger partial charge in [-0.2, -0.15) is 0 Å². The van der Waals surface area contributed by atoms with E-state index in [0.717, 1.165) is 17.0 Å². The average molecular weight is 210 g/mol. The molecule has 0 aromatic heterocycles. The van der Waals surface area contributed by atoms with Gasteiger partial charge in [-0.25, -0.2) is 0 Å². The van der Waals surface area contributed by atoms with Crippen molar-refractivity contribution < 1.29 is 0 Å². The third-order valence-electron chi connectivity index (χ3n) is 2.08. The molecule has 0 aliphatic carbocycles. The van der Waals surface area contributed by atoms with Gasteiger partial charge in [0.1, 0.15) is 0 Å². The van der Waals surface area contributed by atoms with Crippen LogP contribution >= 0.6 is 11.6 Å². The monoisotopic (exact) mass is 209 g/mol. The van der Waals surface area contributed by atoms with E-state index in [1.807, 2.05) is 32.0 Å². The number of hydrogen-bond acceptors (Lipinski definition) is 1. The van der Waals surface area contributed by atoms with Crippen molar-refractivity contribution in [2.45, 2.75) is 26.3 Å². The fraction of sp³-hybridized carbons (Fsp3) is 0.400. The highest BCUT2D eigenvalue weighted by atomic mass is 35.5. The van der Waals surface area contributed by atoms with E-state index in [2.05, 4.69) is 10.0 Å². The third kappa shape index (κ3) is 2.95. The van der Waals surface area contributed by atoms with Crippen LogP contribution < -0.4 is 0 Å². The minimum atomic E-state index is -0.0304. The molecule has 3 nitrogen and oxygen atoms in total. The molecule has 0 spiro atoms. The number of nitrogens with zero attached hydrogens (tertiary/aromatic N) is 3. The number of aryl methyl sites for hydroxylation is 1. The summed E-state index contributed by atoms with van der Waals surface area (Å²) < 4.78 is 0. The molecule has 1 aromatic carbocycles. The molecule has 1 atom stereocenters. The second kappa shape index (κ2) is 4.89. The minimum absolute atomic E-state index is 0.0304. The minimum Gasteiger partial charge on any atom is -0.0906 e. The summed E-state index contributed by atoms with van der Waals surface area (Å²) in [5.74, 6) is 0. The maximum atomic E-state index is 8.27. The molecule has 0 radical (unpaired) electrons. The van der Waals surface area contributed by atoms with Crippen LogP contribution in [0.3, 0.4) is 0 Å². The van der Waals surface area contributed by atoms with Gasteiger partial charge in [0, 0.05) is 16.0 Å². The lowest BCUT2D eigenvalue weighted by Gasteiger charge is -2.08. The topological polar surface area (TPSA) is 48.8 Å². The first-order valence-electron chi connectivity index (χ1n) is 4.42. The second-order valence-electron chi connectivity index (χ2n) is 3.33. The predicted octanol–water partition coefficient (Wildman–Crippen LogP) is 3.89. The first-order valence-corrected chi connectivity index (χ1v) is 4.80. The molecule has 74 valence electrons. The molecular formula is C10H12ClN3. The number of azide groups is 1. The Hall–Kier alpha value is -1.18. The van der Waals surface area contributed by atoms with Gasteiger partial charge in [0.25, 0.3) is 0 Å². The summed E-state index contributed by atoms with van der Waals surface area (Å²) >= 11 is 5.87. The van der Waals surface area contributed by atoms with Crippen molar-refractivity contribution in [2.24, 2.45) is 5.11 Å². The summed E-state index contributed by atoms with van der Waals surface area (Å²) in [6.45, 7) is 3.91. The van der Waals surface area contributed by atoms with Crippen molar-refractivity contribution in [1.82, 2.24) is 0 Å². The third-order valence-corrected chi connectivity index (χ3v) is 2.31. The van der Waals surface area contributed by atoms with E-state index in [1.54, 1.807) is 0 Å². The van der Waals surface area contributed by atoms with Crippen LogP contribution in [-0.4, -0.2) is 6.04 Å². The molecule has 1 aromatic rings. The molecule has 4 heteroatoms. The summed E-state index contributed by atoms with van der Waals surface area (Å²) in [7, 11) is 0. The maximum absolute atomic E-state index is 8.27. The van der Waals surface area contributed by atoms with Gasteiger partial charge in [-0.1, -0.05) is 29.7 Å². The highest BCUT2D eigenvalue weighted by Gasteiger charge is 2.04. The van der Waals surface area contributed by atoms with Crippen molar-refractivity contribution in [1.29, 1.82) is 0 Å². The molecule has 0 amide bonds. The zero-order chi connectivity index (χ0) is 10.6. The zero-order valence-electron chi connectivity index (χ0n) is 8.24. The van der Waals surface area contributed by atoms with Gasteiger partial charge in [-0.15, -0.1) is 0 Å². The van der Waals surface area contributed by atoms with Crippen molar-refractivity contribution in [2.75, 3.05) is 0 Å². The van der Waals surface area contributed by atoms with Crippen LogP contribution in [-0.2, 0) is 6.42 Å². The quantitative estimate of drug-likeness (QED) is 0.412. The standard InChI is InChI=1S/C10H12ClN3/c1-7-3-4-10(11)6-9(7)5-8(2)13-14-12/h3-4,6,8H,5H2,1-2H3. The van der Waals surface area contributed by atoms with E-state index in [9.17, 15) is 0 Å². The summed E-state index contributed by atoms with van der Waals surface area (Å²) in [5, 5.41) is 4.35. The highest BCUT2D eigenvalue weighted by Crippen LogP contribution is 2.17. The second-order valence-corrected chi connectivity index (χ2v) is 3.77. The maximum Gasteiger partial charge on any atom is 0.0408 e. The Morgan fingerprint density at radius 3 is 2.93 bits per heavy atom. The summed E-state index contributed by atoms with van der Waals surface area (Å²) in [6.07, 6.45) is 0.733. The van der Waals surface area contributed by atoms with Gasteiger partial charge >= 0.3 is 0 Å². The van der Waals surface area contributed by atoms with Crippen LogP contribution in [0.1, 0.15) is 18.1 Å². The fourth-order valence-electron chi connectivity index (χ4n) is 1.31. The van der Waals surface area contributed by atoms with Gasteiger partial charge in [-0.3, -0.25) is 0 Å². The molecule has 1 rings (SSSR count). The Morgan fingerprint density at radius 1 is 1.57 bits per heavy atom. The van der Waals surface area contributed by atoms with Crippen molar-refractivity contribution in [3.8, 4) is 0 Å². The summed E-state index contributed by atoms with van der Waals surface area (Å²) in [4.78, 5) is 2.78. The molecule has 0 saturated heterocycles. The summed E-state index contributed by atoms with van der Waals surface area (Å²) in [5.41, 5.74) is 10.6. The van der Waals surface area contributed by atoms with E-state index in [-0.39, 0.29) is 6.04 Å². The molecule has 0 saturated carbocycles. The number of benzene rings is 1. The molecule has 0 bridgehead atoms. The molecule has 0 N–H and O–H groups in total. The fourth-order valence-corrected chi connectivity index (χ4v) is 1.50. The van der Waals surface area contributed by atoms with E-state index < -0.39 is 0 Å². The van der Waals surface area contributed by atoms with Crippen LogP contribution in [0.25, 0.3) is 10.4 Å². The normalized spacial score (nSPS) is 11.9. The molecule has 0 fully saturated rings. The van der Waals surface area contributed by atoms with E-state index in [4.69, 9.17) is 17.1 Å². The Labute approximate surface area is 88.3 Å². The lowest BCUT2D eigenvalue weighted by Crippen LogP contribution is -2.03. The Morgan fingerprint density at radius 2 is 2.29 bits per heavy atom. The van der Waals surface area contributed by atoms with Crippen LogP contribution in [0, 0.1) is 6.92 Å². The lowest BCUT2D eigenvalue weighted by atomic mass is 10.0. The van der Waals surface area contributed by atoms with Crippen LogP contribution in [0.2, 0.25) is 5.02 Å². The van der Waals surface area contributed by atoms with Gasteiger partial charge < -0.3 is 0 Å². The van der Waals surface area contributed by atoms with Crippen molar-refractivity contribution >= 4 is 11.6 Å². The zero-order valence-corrected chi connectivity index (χ0v) is 8.99. The van der Waals surface area contributed by atoms with Crippen LogP contribution in [0.5, 0.6) is 0 Å². The first-order chi connectivity index (χ1) is 6.63. The lowest BCUT2D eigenvalue weighted by molar-refractivity contribution is 0.728. The van der Waals surface area contributed by atoms with E-state index in [1.165, 1.54) is 5.56 Å². The molecular weight excluding hydrogens is 198 g/mol. The predicted molar refractivity (Wildman–Crippen MR) is 58.5 cm³/mol. The van der Waals surface area contributed by atoms with E-state index in [0.29, 0.717) is 0 Å². The molecule has 0 aliphatic rings. The number of halogens is 1. The molecule has 0 aliphatic heterocycles. The number of hydrogen-bond donors (Lipinski definition) is 0. The number of rotatable bonds is 3. The molecule has 1 unspecified atom stereocenters. The summed E-state index contributed by atoms with van der Waals surface area (Å²) in [6, 6.07) is 5.72. The average Bonchev–Trinajstić information content (AvgIpc) is 2.12. The van der Waals surface area contributed by atoms with Gasteiger partial charge in [0.05, 0.1) is 0 Å². The van der Waals surface area contributed by atoms with E-state index >= 15 is 0 Å². The van der Waals surface area contributed by atoms with Gasteiger partial charge in [0.2, 0.25) is 0 Å². The SMILES string of the molecule is Cc1ccc(Cl)cc1CC(C)N=[N+]=[N-]. The van der Waals surface area contributed by atoms with Crippen LogP contribution in [0.15, 0.2) is 23.3 Å². The molecule has 14 heavy (non-hydrogen) atoms. The Kier molecular flexibility index (Phi) is 3.81.